The summed E-state index contributed by atoms with van der Waals surface area (Å²) in [7, 11) is 0. The number of carbonyl (C=O) groups excluding carboxylic acids is 2. The van der Waals surface area contributed by atoms with Gasteiger partial charge in [-0.2, -0.15) is 0 Å². The third-order valence-corrected chi connectivity index (χ3v) is 5.22. The summed E-state index contributed by atoms with van der Waals surface area (Å²) in [6.07, 6.45) is 3.50. The fourth-order valence-electron chi connectivity index (χ4n) is 3.38. The highest BCUT2D eigenvalue weighted by atomic mass is 35.5. The maximum atomic E-state index is 12.5. The molecule has 0 radical (unpaired) electrons. The average molecular weight is 386 g/mol. The molecule has 1 atom stereocenters. The number of hydrogen-bond acceptors (Lipinski definition) is 3. The van der Waals surface area contributed by atoms with Crippen molar-refractivity contribution < 1.29 is 9.59 Å². The van der Waals surface area contributed by atoms with E-state index in [9.17, 15) is 9.59 Å². The third kappa shape index (κ3) is 5.09. The number of piperazine rings is 1. The van der Waals surface area contributed by atoms with Crippen LogP contribution in [0.15, 0.2) is 24.3 Å². The number of benzene rings is 1. The van der Waals surface area contributed by atoms with Gasteiger partial charge in [0.2, 0.25) is 11.8 Å². The number of piperidine rings is 1. The Kier molecular flexibility index (Phi) is 7.54. The molecule has 1 unspecified atom stereocenters. The van der Waals surface area contributed by atoms with Gasteiger partial charge in [0.1, 0.15) is 0 Å². The van der Waals surface area contributed by atoms with Crippen LogP contribution in [0.5, 0.6) is 0 Å². The van der Waals surface area contributed by atoms with E-state index in [0.717, 1.165) is 31.4 Å². The normalized spacial score (nSPS) is 20.8. The molecule has 7 heteroatoms. The molecule has 2 amide bonds. The monoisotopic (exact) mass is 385 g/mol. The highest BCUT2D eigenvalue weighted by molar-refractivity contribution is 6.31. The van der Waals surface area contributed by atoms with Crippen molar-refractivity contribution in [2.24, 2.45) is 0 Å². The van der Waals surface area contributed by atoms with E-state index in [2.05, 4.69) is 5.32 Å². The van der Waals surface area contributed by atoms with Gasteiger partial charge in [0.05, 0.1) is 12.5 Å². The minimum atomic E-state index is -0.0378. The Morgan fingerprint density at radius 1 is 1.08 bits per heavy atom. The number of nitrogens with zero attached hydrogens (tertiary/aromatic N) is 2. The SMILES string of the molecule is Cl.O=C(Cc1ccccc1Cl)N1CCN(C(=O)C2CCCCN2)CC1. The van der Waals surface area contributed by atoms with Crippen molar-refractivity contribution in [1.29, 1.82) is 0 Å². The van der Waals surface area contributed by atoms with Gasteiger partial charge in [0, 0.05) is 31.2 Å². The van der Waals surface area contributed by atoms with Gasteiger partial charge in [-0.05, 0) is 31.0 Å². The van der Waals surface area contributed by atoms with Gasteiger partial charge in [-0.1, -0.05) is 36.2 Å². The Hall–Kier alpha value is -1.30. The molecule has 3 rings (SSSR count). The minimum absolute atomic E-state index is 0. The molecule has 5 nitrogen and oxygen atoms in total. The summed E-state index contributed by atoms with van der Waals surface area (Å²) in [4.78, 5) is 28.7. The molecular weight excluding hydrogens is 361 g/mol. The quantitative estimate of drug-likeness (QED) is 0.866. The number of amides is 2. The van der Waals surface area contributed by atoms with Crippen LogP contribution in [-0.2, 0) is 16.0 Å². The van der Waals surface area contributed by atoms with E-state index in [1.54, 1.807) is 6.07 Å². The smallest absolute Gasteiger partial charge is 0.239 e. The van der Waals surface area contributed by atoms with E-state index in [1.165, 1.54) is 0 Å². The third-order valence-electron chi connectivity index (χ3n) is 4.85. The Labute approximate surface area is 160 Å². The van der Waals surface area contributed by atoms with Crippen LogP contribution in [0.1, 0.15) is 24.8 Å². The first-order chi connectivity index (χ1) is 11.6. The van der Waals surface area contributed by atoms with Crippen LogP contribution in [-0.4, -0.2) is 60.4 Å². The highest BCUT2D eigenvalue weighted by Crippen LogP contribution is 2.17. The maximum absolute atomic E-state index is 12.5. The summed E-state index contributed by atoms with van der Waals surface area (Å²) in [5.74, 6) is 0.263. The van der Waals surface area contributed by atoms with E-state index in [4.69, 9.17) is 11.6 Å². The van der Waals surface area contributed by atoms with Crippen LogP contribution in [0.2, 0.25) is 5.02 Å². The lowest BCUT2D eigenvalue weighted by Crippen LogP contribution is -2.56. The Bertz CT molecular complexity index is 598. The summed E-state index contributed by atoms with van der Waals surface area (Å²) in [5, 5.41) is 3.93. The number of halogens is 2. The van der Waals surface area contributed by atoms with Crippen LogP contribution in [0.25, 0.3) is 0 Å². The zero-order valence-corrected chi connectivity index (χ0v) is 15.8. The second-order valence-electron chi connectivity index (χ2n) is 6.48. The fraction of sp³-hybridized carbons (Fsp3) is 0.556. The minimum Gasteiger partial charge on any atom is -0.339 e. The van der Waals surface area contributed by atoms with Crippen molar-refractivity contribution in [1.82, 2.24) is 15.1 Å². The fourth-order valence-corrected chi connectivity index (χ4v) is 3.58. The van der Waals surface area contributed by atoms with Crippen molar-refractivity contribution in [3.8, 4) is 0 Å². The zero-order valence-electron chi connectivity index (χ0n) is 14.2. The maximum Gasteiger partial charge on any atom is 0.239 e. The molecule has 0 aliphatic carbocycles. The predicted molar refractivity (Wildman–Crippen MR) is 101 cm³/mol. The van der Waals surface area contributed by atoms with E-state index < -0.39 is 0 Å². The van der Waals surface area contributed by atoms with Gasteiger partial charge in [-0.15, -0.1) is 12.4 Å². The second-order valence-corrected chi connectivity index (χ2v) is 6.88. The second kappa shape index (κ2) is 9.41. The topological polar surface area (TPSA) is 52.7 Å². The van der Waals surface area contributed by atoms with Gasteiger partial charge < -0.3 is 15.1 Å². The molecule has 0 spiro atoms. The molecule has 2 fully saturated rings. The van der Waals surface area contributed by atoms with Crippen LogP contribution in [0.3, 0.4) is 0 Å². The summed E-state index contributed by atoms with van der Waals surface area (Å²) in [6.45, 7) is 3.35. The van der Waals surface area contributed by atoms with E-state index in [-0.39, 0.29) is 30.3 Å². The first-order valence-electron chi connectivity index (χ1n) is 8.68. The van der Waals surface area contributed by atoms with Gasteiger partial charge >= 0.3 is 0 Å². The molecule has 1 aromatic rings. The molecule has 25 heavy (non-hydrogen) atoms. The first-order valence-corrected chi connectivity index (χ1v) is 9.06. The number of rotatable bonds is 3. The van der Waals surface area contributed by atoms with Gasteiger partial charge in [0.15, 0.2) is 0 Å². The van der Waals surface area contributed by atoms with Gasteiger partial charge in [-0.25, -0.2) is 0 Å². The Morgan fingerprint density at radius 3 is 2.40 bits per heavy atom. The molecule has 2 aliphatic rings. The number of nitrogens with one attached hydrogen (secondary N) is 1. The van der Waals surface area contributed by atoms with Crippen molar-refractivity contribution in [2.75, 3.05) is 32.7 Å². The molecular formula is C18H25Cl2N3O2. The molecule has 1 aromatic carbocycles. The summed E-state index contributed by atoms with van der Waals surface area (Å²) < 4.78 is 0. The van der Waals surface area contributed by atoms with Crippen molar-refractivity contribution in [3.63, 3.8) is 0 Å². The molecule has 0 bridgehead atoms. The lowest BCUT2D eigenvalue weighted by Gasteiger charge is -2.37. The lowest BCUT2D eigenvalue weighted by atomic mass is 10.0. The predicted octanol–water partition coefficient (Wildman–Crippen LogP) is 2.12. The highest BCUT2D eigenvalue weighted by Gasteiger charge is 2.29. The Balaban J connectivity index is 0.00000225. The van der Waals surface area contributed by atoms with Crippen LogP contribution >= 0.6 is 24.0 Å². The molecule has 2 saturated heterocycles. The number of hydrogen-bond donors (Lipinski definition) is 1. The van der Waals surface area contributed by atoms with Gasteiger partial charge in [-0.3, -0.25) is 9.59 Å². The summed E-state index contributed by atoms with van der Waals surface area (Å²) >= 11 is 6.13. The molecule has 2 heterocycles. The molecule has 0 saturated carbocycles. The Morgan fingerprint density at radius 2 is 1.76 bits per heavy atom. The summed E-state index contributed by atoms with van der Waals surface area (Å²) in [5.41, 5.74) is 0.856. The van der Waals surface area contributed by atoms with E-state index >= 15 is 0 Å². The van der Waals surface area contributed by atoms with Crippen LogP contribution < -0.4 is 5.32 Å². The zero-order chi connectivity index (χ0) is 16.9. The molecule has 1 N–H and O–H groups in total. The van der Waals surface area contributed by atoms with E-state index in [1.807, 2.05) is 28.0 Å². The largest absolute Gasteiger partial charge is 0.339 e. The van der Waals surface area contributed by atoms with Crippen LogP contribution in [0.4, 0.5) is 0 Å². The first kappa shape index (κ1) is 20.0. The summed E-state index contributed by atoms with van der Waals surface area (Å²) in [6, 6.07) is 7.40. The standard InChI is InChI=1S/C18H24ClN3O2.ClH/c19-15-6-2-1-5-14(15)13-17(23)21-9-11-22(12-10-21)18(24)16-7-3-4-8-20-16;/h1-2,5-6,16,20H,3-4,7-13H2;1H. The lowest BCUT2D eigenvalue weighted by molar-refractivity contribution is -0.140. The number of carbonyl (C=O) groups is 2. The van der Waals surface area contributed by atoms with Gasteiger partial charge in [0.25, 0.3) is 0 Å². The van der Waals surface area contributed by atoms with Crippen molar-refractivity contribution >= 4 is 35.8 Å². The van der Waals surface area contributed by atoms with Crippen LogP contribution in [0, 0.1) is 0 Å². The molecule has 0 aromatic heterocycles. The molecule has 138 valence electrons. The van der Waals surface area contributed by atoms with E-state index in [0.29, 0.717) is 37.6 Å². The van der Waals surface area contributed by atoms with Crippen molar-refractivity contribution in [2.45, 2.75) is 31.7 Å². The molecule has 2 aliphatic heterocycles. The average Bonchev–Trinajstić information content (AvgIpc) is 2.64. The van der Waals surface area contributed by atoms with Crippen molar-refractivity contribution in [3.05, 3.63) is 34.9 Å².